The van der Waals surface area contributed by atoms with Gasteiger partial charge in [0, 0.05) is 19.2 Å². The number of nitrogens with one attached hydrogen (secondary N) is 2. The second-order valence-electron chi connectivity index (χ2n) is 2.99. The maximum absolute atomic E-state index is 11.4. The molecule has 4 nitrogen and oxygen atoms in total. The highest BCUT2D eigenvalue weighted by atomic mass is 35.5. The zero-order chi connectivity index (χ0) is 11.1. The van der Waals surface area contributed by atoms with Crippen molar-refractivity contribution in [3.63, 3.8) is 0 Å². The molecule has 5 heteroatoms. The lowest BCUT2D eigenvalue weighted by atomic mass is 10.3. The van der Waals surface area contributed by atoms with Gasteiger partial charge in [-0.15, -0.1) is 0 Å². The zero-order valence-corrected chi connectivity index (χ0v) is 9.34. The first-order valence-electron chi connectivity index (χ1n) is 4.85. The molecule has 1 amide bonds. The quantitative estimate of drug-likeness (QED) is 0.595. The Kier molecular flexibility index (Phi) is 5.07. The fourth-order valence-corrected chi connectivity index (χ4v) is 1.24. The molecule has 0 bridgehead atoms. The fourth-order valence-electron chi connectivity index (χ4n) is 1.07. The summed E-state index contributed by atoms with van der Waals surface area (Å²) in [5.74, 6) is -0.0640. The first kappa shape index (κ1) is 11.9. The van der Waals surface area contributed by atoms with Crippen LogP contribution in [0.3, 0.4) is 0 Å². The molecular formula is C10H14ClN3O. The van der Waals surface area contributed by atoms with Crippen LogP contribution in [-0.4, -0.2) is 24.0 Å². The molecule has 2 N–H and O–H groups in total. The minimum absolute atomic E-state index is 0.0640. The normalized spacial score (nSPS) is 10.0. The summed E-state index contributed by atoms with van der Waals surface area (Å²) in [7, 11) is 0. The van der Waals surface area contributed by atoms with Gasteiger partial charge in [-0.2, -0.15) is 0 Å². The van der Waals surface area contributed by atoms with Gasteiger partial charge in [0.25, 0.3) is 0 Å². The van der Waals surface area contributed by atoms with E-state index in [0.29, 0.717) is 23.8 Å². The van der Waals surface area contributed by atoms with Gasteiger partial charge < -0.3 is 10.6 Å². The highest BCUT2D eigenvalue weighted by Crippen LogP contribution is 2.17. The fraction of sp³-hybridized carbons (Fsp3) is 0.400. The summed E-state index contributed by atoms with van der Waals surface area (Å²) >= 11 is 5.79. The van der Waals surface area contributed by atoms with Gasteiger partial charge in [-0.3, -0.25) is 4.79 Å². The summed E-state index contributed by atoms with van der Waals surface area (Å²) < 4.78 is 0. The van der Waals surface area contributed by atoms with Gasteiger partial charge in [-0.25, -0.2) is 4.98 Å². The number of hydrogen-bond donors (Lipinski definition) is 2. The molecule has 1 heterocycles. The largest absolute Gasteiger partial charge is 0.323 e. The maximum Gasteiger partial charge on any atom is 0.225 e. The topological polar surface area (TPSA) is 54.0 Å². The van der Waals surface area contributed by atoms with Crippen molar-refractivity contribution in [2.24, 2.45) is 0 Å². The molecule has 1 aromatic rings. The average Bonchev–Trinajstić information content (AvgIpc) is 2.22. The molecule has 0 atom stereocenters. The summed E-state index contributed by atoms with van der Waals surface area (Å²) in [5, 5.41) is 6.08. The van der Waals surface area contributed by atoms with Crippen LogP contribution >= 0.6 is 11.6 Å². The third-order valence-corrected chi connectivity index (χ3v) is 2.11. The number of rotatable bonds is 5. The van der Waals surface area contributed by atoms with Crippen molar-refractivity contribution in [1.82, 2.24) is 10.3 Å². The molecule has 1 aromatic heterocycles. The molecule has 15 heavy (non-hydrogen) atoms. The van der Waals surface area contributed by atoms with E-state index in [1.165, 1.54) is 0 Å². The Balaban J connectivity index is 2.41. The van der Waals surface area contributed by atoms with Crippen LogP contribution in [0.5, 0.6) is 0 Å². The number of carbonyl (C=O) groups is 1. The molecule has 0 radical (unpaired) electrons. The molecular weight excluding hydrogens is 214 g/mol. The van der Waals surface area contributed by atoms with Crippen LogP contribution < -0.4 is 10.6 Å². The van der Waals surface area contributed by atoms with E-state index in [-0.39, 0.29) is 5.91 Å². The highest BCUT2D eigenvalue weighted by Gasteiger charge is 2.04. The molecule has 82 valence electrons. The number of nitrogens with zero attached hydrogens (tertiary/aromatic N) is 1. The Labute approximate surface area is 94.0 Å². The van der Waals surface area contributed by atoms with E-state index < -0.39 is 0 Å². The van der Waals surface area contributed by atoms with E-state index in [0.717, 1.165) is 6.54 Å². The van der Waals surface area contributed by atoms with Gasteiger partial charge in [-0.1, -0.05) is 18.5 Å². The number of anilines is 1. The number of halogens is 1. The molecule has 0 fully saturated rings. The zero-order valence-electron chi connectivity index (χ0n) is 8.59. The Bertz CT molecular complexity index is 330. The number of hydrogen-bond acceptors (Lipinski definition) is 3. The van der Waals surface area contributed by atoms with Gasteiger partial charge >= 0.3 is 0 Å². The van der Waals surface area contributed by atoms with Gasteiger partial charge in [0.1, 0.15) is 0 Å². The van der Waals surface area contributed by atoms with Crippen molar-refractivity contribution in [3.8, 4) is 0 Å². The number of carbonyl (C=O) groups excluding carboxylic acids is 1. The van der Waals surface area contributed by atoms with Crippen molar-refractivity contribution < 1.29 is 4.79 Å². The second kappa shape index (κ2) is 6.37. The standard InChI is InChI=1S/C10H14ClN3O/c1-2-12-7-5-9(15)14-8-4-3-6-13-10(8)11/h3-4,6,12H,2,5,7H2,1H3,(H,14,15). The van der Waals surface area contributed by atoms with E-state index in [4.69, 9.17) is 11.6 Å². The lowest BCUT2D eigenvalue weighted by Gasteiger charge is -2.06. The van der Waals surface area contributed by atoms with Gasteiger partial charge in [0.05, 0.1) is 5.69 Å². The first-order chi connectivity index (χ1) is 7.24. The van der Waals surface area contributed by atoms with Crippen molar-refractivity contribution in [2.45, 2.75) is 13.3 Å². The summed E-state index contributed by atoms with van der Waals surface area (Å²) in [5.41, 5.74) is 0.556. The van der Waals surface area contributed by atoms with Crippen molar-refractivity contribution in [1.29, 1.82) is 0 Å². The van der Waals surface area contributed by atoms with E-state index >= 15 is 0 Å². The Morgan fingerprint density at radius 3 is 3.07 bits per heavy atom. The van der Waals surface area contributed by atoms with Crippen LogP contribution in [0.15, 0.2) is 18.3 Å². The Morgan fingerprint density at radius 2 is 2.40 bits per heavy atom. The van der Waals surface area contributed by atoms with Gasteiger partial charge in [0.2, 0.25) is 5.91 Å². The number of pyridine rings is 1. The molecule has 0 aromatic carbocycles. The third-order valence-electron chi connectivity index (χ3n) is 1.81. The van der Waals surface area contributed by atoms with E-state index in [9.17, 15) is 4.79 Å². The predicted molar refractivity (Wildman–Crippen MR) is 61.0 cm³/mol. The molecule has 0 aliphatic carbocycles. The monoisotopic (exact) mass is 227 g/mol. The van der Waals surface area contributed by atoms with Crippen LogP contribution in [0.2, 0.25) is 5.15 Å². The minimum atomic E-state index is -0.0640. The summed E-state index contributed by atoms with van der Waals surface area (Å²) in [4.78, 5) is 15.3. The van der Waals surface area contributed by atoms with Crippen LogP contribution in [0.25, 0.3) is 0 Å². The van der Waals surface area contributed by atoms with E-state index in [1.54, 1.807) is 18.3 Å². The lowest BCUT2D eigenvalue weighted by molar-refractivity contribution is -0.116. The van der Waals surface area contributed by atoms with E-state index in [1.807, 2.05) is 6.92 Å². The summed E-state index contributed by atoms with van der Waals surface area (Å²) in [6.07, 6.45) is 2.01. The third kappa shape index (κ3) is 4.27. The van der Waals surface area contributed by atoms with Crippen molar-refractivity contribution >= 4 is 23.2 Å². The van der Waals surface area contributed by atoms with Crippen LogP contribution in [0.1, 0.15) is 13.3 Å². The van der Waals surface area contributed by atoms with Crippen LogP contribution in [0.4, 0.5) is 5.69 Å². The molecule has 0 spiro atoms. The second-order valence-corrected chi connectivity index (χ2v) is 3.35. The lowest BCUT2D eigenvalue weighted by Crippen LogP contribution is -2.21. The average molecular weight is 228 g/mol. The molecule has 0 aliphatic rings. The van der Waals surface area contributed by atoms with E-state index in [2.05, 4.69) is 15.6 Å². The SMILES string of the molecule is CCNCCC(=O)Nc1cccnc1Cl. The molecule has 1 rings (SSSR count). The van der Waals surface area contributed by atoms with Crippen LogP contribution in [-0.2, 0) is 4.79 Å². The van der Waals surface area contributed by atoms with Gasteiger partial charge in [0.15, 0.2) is 5.15 Å². The van der Waals surface area contributed by atoms with Crippen LogP contribution in [0, 0.1) is 0 Å². The maximum atomic E-state index is 11.4. The smallest absolute Gasteiger partial charge is 0.225 e. The first-order valence-corrected chi connectivity index (χ1v) is 5.23. The summed E-state index contributed by atoms with van der Waals surface area (Å²) in [6, 6.07) is 3.45. The van der Waals surface area contributed by atoms with Gasteiger partial charge in [-0.05, 0) is 18.7 Å². The predicted octanol–water partition coefficient (Wildman–Crippen LogP) is 1.67. The number of amides is 1. The number of aromatic nitrogens is 1. The van der Waals surface area contributed by atoms with Crippen molar-refractivity contribution in [3.05, 3.63) is 23.5 Å². The Morgan fingerprint density at radius 1 is 1.60 bits per heavy atom. The van der Waals surface area contributed by atoms with Crippen molar-refractivity contribution in [2.75, 3.05) is 18.4 Å². The molecule has 0 unspecified atom stereocenters. The highest BCUT2D eigenvalue weighted by molar-refractivity contribution is 6.32. The molecule has 0 saturated carbocycles. The Hall–Kier alpha value is -1.13. The molecule has 0 saturated heterocycles. The molecule has 0 aliphatic heterocycles. The summed E-state index contributed by atoms with van der Waals surface area (Å²) in [6.45, 7) is 3.52. The minimum Gasteiger partial charge on any atom is -0.323 e.